The molecule has 0 fully saturated rings. The highest BCUT2D eigenvalue weighted by atomic mass is 32.1. The molecule has 5 heteroatoms. The van der Waals surface area contributed by atoms with Crippen molar-refractivity contribution in [1.29, 1.82) is 0 Å². The first kappa shape index (κ1) is 9.45. The molecule has 0 aliphatic carbocycles. The summed E-state index contributed by atoms with van der Waals surface area (Å²) in [6, 6.07) is 1.75. The van der Waals surface area contributed by atoms with Gasteiger partial charge >= 0.3 is 6.18 Å². The molecule has 0 amide bonds. The van der Waals surface area contributed by atoms with E-state index in [1.54, 1.807) is 10.8 Å². The molecule has 0 aliphatic rings. The summed E-state index contributed by atoms with van der Waals surface area (Å²) < 4.78 is 49.7. The Morgan fingerprint density at radius 3 is 2.14 bits per heavy atom. The van der Waals surface area contributed by atoms with Gasteiger partial charge in [-0.05, 0) is 33.7 Å². The third-order valence-electron chi connectivity index (χ3n) is 1.87. The van der Waals surface area contributed by atoms with E-state index in [-0.39, 0.29) is 0 Å². The van der Waals surface area contributed by atoms with Crippen LogP contribution in [0.25, 0.3) is 10.8 Å². The number of benzene rings is 1. The van der Waals surface area contributed by atoms with E-state index in [1.807, 2.05) is 0 Å². The maximum Gasteiger partial charge on any atom is 0.419 e. The average molecular weight is 220 g/mol. The standard InChI is InChI=1S/C9H4F4S/c10-8-2-6-4-14-3-5(6)1-7(8)9(11,12)13/h1-4H. The van der Waals surface area contributed by atoms with E-state index in [2.05, 4.69) is 0 Å². The maximum absolute atomic E-state index is 13.0. The summed E-state index contributed by atoms with van der Waals surface area (Å²) in [6.45, 7) is 0. The van der Waals surface area contributed by atoms with Crippen molar-refractivity contribution in [3.8, 4) is 0 Å². The number of alkyl halides is 3. The normalized spacial score (nSPS) is 12.3. The van der Waals surface area contributed by atoms with Gasteiger partial charge in [0.05, 0.1) is 5.56 Å². The summed E-state index contributed by atoms with van der Waals surface area (Å²) in [5, 5.41) is 4.09. The molecular formula is C9H4F4S. The molecule has 14 heavy (non-hydrogen) atoms. The maximum atomic E-state index is 13.0. The molecule has 0 saturated carbocycles. The van der Waals surface area contributed by atoms with Crippen molar-refractivity contribution in [3.63, 3.8) is 0 Å². The number of halogens is 4. The number of thiophene rings is 1. The van der Waals surface area contributed by atoms with Gasteiger partial charge in [-0.15, -0.1) is 0 Å². The molecule has 0 atom stereocenters. The molecular weight excluding hydrogens is 216 g/mol. The number of rotatable bonds is 0. The van der Waals surface area contributed by atoms with Crippen LogP contribution in [-0.2, 0) is 6.18 Å². The molecule has 1 heterocycles. The van der Waals surface area contributed by atoms with E-state index >= 15 is 0 Å². The molecule has 0 N–H and O–H groups in total. The lowest BCUT2D eigenvalue weighted by Crippen LogP contribution is -2.07. The Labute approximate surface area is 80.8 Å². The van der Waals surface area contributed by atoms with E-state index in [4.69, 9.17) is 0 Å². The number of fused-ring (bicyclic) bond motifs is 1. The van der Waals surface area contributed by atoms with Crippen molar-refractivity contribution >= 4 is 22.1 Å². The van der Waals surface area contributed by atoms with Crippen LogP contribution in [0.5, 0.6) is 0 Å². The molecule has 0 nitrogen and oxygen atoms in total. The predicted octanol–water partition coefficient (Wildman–Crippen LogP) is 4.06. The third-order valence-corrected chi connectivity index (χ3v) is 2.65. The Morgan fingerprint density at radius 1 is 1.00 bits per heavy atom. The quantitative estimate of drug-likeness (QED) is 0.587. The van der Waals surface area contributed by atoms with Gasteiger partial charge in [-0.3, -0.25) is 0 Å². The average Bonchev–Trinajstić information content (AvgIpc) is 2.47. The lowest BCUT2D eigenvalue weighted by atomic mass is 10.1. The highest BCUT2D eigenvalue weighted by Crippen LogP contribution is 2.34. The Kier molecular flexibility index (Phi) is 1.99. The first-order valence-electron chi connectivity index (χ1n) is 3.71. The monoisotopic (exact) mass is 220 g/mol. The van der Waals surface area contributed by atoms with E-state index < -0.39 is 17.6 Å². The van der Waals surface area contributed by atoms with Gasteiger partial charge in [0.2, 0.25) is 0 Å². The summed E-state index contributed by atoms with van der Waals surface area (Å²) in [5.74, 6) is -1.22. The van der Waals surface area contributed by atoms with Crippen LogP contribution in [0.15, 0.2) is 22.9 Å². The van der Waals surface area contributed by atoms with Crippen LogP contribution in [0.3, 0.4) is 0 Å². The van der Waals surface area contributed by atoms with E-state index in [0.29, 0.717) is 10.8 Å². The molecule has 2 aromatic rings. The SMILES string of the molecule is Fc1cc2cscc2cc1C(F)(F)F. The second-order valence-electron chi connectivity index (χ2n) is 2.83. The van der Waals surface area contributed by atoms with Gasteiger partial charge in [0.25, 0.3) is 0 Å². The van der Waals surface area contributed by atoms with Crippen LogP contribution in [0.2, 0.25) is 0 Å². The Hall–Kier alpha value is -1.10. The summed E-state index contributed by atoms with van der Waals surface area (Å²) in [6.07, 6.45) is -4.62. The van der Waals surface area contributed by atoms with Crippen molar-refractivity contribution in [2.75, 3.05) is 0 Å². The molecule has 2 rings (SSSR count). The summed E-state index contributed by atoms with van der Waals surface area (Å²) in [7, 11) is 0. The van der Waals surface area contributed by atoms with E-state index in [1.165, 1.54) is 11.3 Å². The minimum absolute atomic E-state index is 0.420. The first-order valence-corrected chi connectivity index (χ1v) is 4.65. The highest BCUT2D eigenvalue weighted by Gasteiger charge is 2.34. The van der Waals surface area contributed by atoms with Crippen LogP contribution in [0, 0.1) is 5.82 Å². The number of hydrogen-bond acceptors (Lipinski definition) is 1. The topological polar surface area (TPSA) is 0 Å². The molecule has 1 aromatic heterocycles. The molecule has 0 bridgehead atoms. The Balaban J connectivity index is 2.71. The van der Waals surface area contributed by atoms with Gasteiger partial charge in [-0.1, -0.05) is 0 Å². The fourth-order valence-electron chi connectivity index (χ4n) is 1.21. The second kappa shape index (κ2) is 2.95. The second-order valence-corrected chi connectivity index (χ2v) is 3.57. The van der Waals surface area contributed by atoms with Crippen LogP contribution >= 0.6 is 11.3 Å². The van der Waals surface area contributed by atoms with Crippen molar-refractivity contribution in [2.24, 2.45) is 0 Å². The highest BCUT2D eigenvalue weighted by molar-refractivity contribution is 7.09. The van der Waals surface area contributed by atoms with Gasteiger partial charge in [0, 0.05) is 0 Å². The molecule has 0 radical (unpaired) electrons. The zero-order valence-corrected chi connectivity index (χ0v) is 7.55. The summed E-state index contributed by atoms with van der Waals surface area (Å²) in [5.41, 5.74) is -1.21. The van der Waals surface area contributed by atoms with Gasteiger partial charge < -0.3 is 0 Å². The van der Waals surface area contributed by atoms with Crippen LogP contribution < -0.4 is 0 Å². The van der Waals surface area contributed by atoms with Gasteiger partial charge in [-0.25, -0.2) is 4.39 Å². The molecule has 0 aliphatic heterocycles. The fraction of sp³-hybridized carbons (Fsp3) is 0.111. The number of hydrogen-bond donors (Lipinski definition) is 0. The largest absolute Gasteiger partial charge is 0.419 e. The van der Waals surface area contributed by atoms with Crippen molar-refractivity contribution in [1.82, 2.24) is 0 Å². The van der Waals surface area contributed by atoms with E-state index in [9.17, 15) is 17.6 Å². The zero-order valence-electron chi connectivity index (χ0n) is 6.73. The van der Waals surface area contributed by atoms with Crippen molar-refractivity contribution < 1.29 is 17.6 Å². The van der Waals surface area contributed by atoms with Gasteiger partial charge in [0.15, 0.2) is 0 Å². The Morgan fingerprint density at radius 2 is 1.57 bits per heavy atom. The van der Waals surface area contributed by atoms with Gasteiger partial charge in [-0.2, -0.15) is 24.5 Å². The lowest BCUT2D eigenvalue weighted by molar-refractivity contribution is -0.139. The predicted molar refractivity (Wildman–Crippen MR) is 46.8 cm³/mol. The van der Waals surface area contributed by atoms with Crippen LogP contribution in [-0.4, -0.2) is 0 Å². The fourth-order valence-corrected chi connectivity index (χ4v) is 1.98. The van der Waals surface area contributed by atoms with Gasteiger partial charge in [0.1, 0.15) is 5.82 Å². The van der Waals surface area contributed by atoms with Crippen LogP contribution in [0.4, 0.5) is 17.6 Å². The smallest absolute Gasteiger partial charge is 0.206 e. The zero-order chi connectivity index (χ0) is 10.3. The molecule has 74 valence electrons. The Bertz CT molecular complexity index is 469. The van der Waals surface area contributed by atoms with Crippen molar-refractivity contribution in [2.45, 2.75) is 6.18 Å². The third kappa shape index (κ3) is 1.48. The summed E-state index contributed by atoms with van der Waals surface area (Å²) in [4.78, 5) is 0. The van der Waals surface area contributed by atoms with Crippen molar-refractivity contribution in [3.05, 3.63) is 34.3 Å². The molecule has 0 saturated heterocycles. The molecule has 0 spiro atoms. The minimum Gasteiger partial charge on any atom is -0.206 e. The first-order chi connectivity index (χ1) is 6.48. The minimum atomic E-state index is -4.62. The van der Waals surface area contributed by atoms with E-state index in [0.717, 1.165) is 12.1 Å². The van der Waals surface area contributed by atoms with Crippen LogP contribution in [0.1, 0.15) is 5.56 Å². The lowest BCUT2D eigenvalue weighted by Gasteiger charge is -2.07. The molecule has 0 unspecified atom stereocenters. The summed E-state index contributed by atoms with van der Waals surface area (Å²) >= 11 is 1.25. The molecule has 1 aromatic carbocycles.